The van der Waals surface area contributed by atoms with Gasteiger partial charge in [-0.1, -0.05) is 23.7 Å². The van der Waals surface area contributed by atoms with Crippen LogP contribution in [0.2, 0.25) is 5.02 Å². The van der Waals surface area contributed by atoms with Crippen molar-refractivity contribution >= 4 is 63.9 Å². The third-order valence-corrected chi connectivity index (χ3v) is 7.80. The van der Waals surface area contributed by atoms with Crippen molar-refractivity contribution in [2.45, 2.75) is 19.5 Å². The Morgan fingerprint density at radius 2 is 1.56 bits per heavy atom. The van der Waals surface area contributed by atoms with E-state index in [0.717, 1.165) is 0 Å². The number of hydrogen-bond donors (Lipinski definition) is 3. The van der Waals surface area contributed by atoms with Crippen LogP contribution in [-0.4, -0.2) is 49.4 Å². The Hall–Kier alpha value is -4.52. The summed E-state index contributed by atoms with van der Waals surface area (Å²) in [5.74, 6) is -2.41. The second-order valence-electron chi connectivity index (χ2n) is 9.15. The fourth-order valence-electron chi connectivity index (χ4n) is 3.97. The van der Waals surface area contributed by atoms with Crippen LogP contribution in [-0.2, 0) is 16.1 Å². The van der Waals surface area contributed by atoms with Crippen molar-refractivity contribution in [2.75, 3.05) is 13.7 Å². The van der Waals surface area contributed by atoms with E-state index in [2.05, 4.69) is 16.0 Å². The van der Waals surface area contributed by atoms with Gasteiger partial charge in [-0.3, -0.25) is 14.4 Å². The first-order chi connectivity index (χ1) is 20.7. The highest BCUT2D eigenvalue weighted by atomic mass is 35.5. The molecule has 2 aromatic heterocycles. The smallest absolute Gasteiger partial charge is 0.344 e. The minimum atomic E-state index is -1.18. The summed E-state index contributed by atoms with van der Waals surface area (Å²) in [6.45, 7) is 1.53. The van der Waals surface area contributed by atoms with E-state index in [1.54, 1.807) is 64.8 Å². The molecule has 0 aliphatic heterocycles. The third kappa shape index (κ3) is 8.28. The minimum Gasteiger partial charge on any atom is -0.467 e. The first-order valence-corrected chi connectivity index (χ1v) is 15.0. The molecule has 10 nitrogen and oxygen atoms in total. The molecule has 0 radical (unpaired) electrons. The van der Waals surface area contributed by atoms with Crippen LogP contribution in [0.3, 0.4) is 0 Å². The van der Waals surface area contributed by atoms with E-state index in [1.165, 1.54) is 41.9 Å². The molecule has 4 rings (SSSR count). The van der Waals surface area contributed by atoms with Crippen LogP contribution in [0.15, 0.2) is 70.1 Å². The van der Waals surface area contributed by atoms with Gasteiger partial charge in [-0.15, -0.1) is 0 Å². The predicted octanol–water partition coefficient (Wildman–Crippen LogP) is 4.62. The molecule has 0 unspecified atom stereocenters. The van der Waals surface area contributed by atoms with Crippen LogP contribution in [0.5, 0.6) is 5.75 Å². The number of rotatable bonds is 11. The van der Waals surface area contributed by atoms with Gasteiger partial charge < -0.3 is 25.4 Å². The normalized spacial score (nSPS) is 11.2. The van der Waals surface area contributed by atoms with Crippen molar-refractivity contribution in [2.24, 2.45) is 0 Å². The lowest BCUT2D eigenvalue weighted by molar-refractivity contribution is -0.142. The number of benzene rings is 2. The van der Waals surface area contributed by atoms with E-state index < -0.39 is 35.7 Å². The Labute approximate surface area is 260 Å². The fourth-order valence-corrected chi connectivity index (χ4v) is 5.58. The molecule has 0 aliphatic rings. The Morgan fingerprint density at radius 1 is 0.860 bits per heavy atom. The molecule has 2 heterocycles. The van der Waals surface area contributed by atoms with E-state index >= 15 is 0 Å². The van der Waals surface area contributed by atoms with E-state index in [-0.39, 0.29) is 29.2 Å². The van der Waals surface area contributed by atoms with Crippen LogP contribution in [0.1, 0.15) is 52.6 Å². The van der Waals surface area contributed by atoms with Gasteiger partial charge in [-0.2, -0.15) is 22.7 Å². The van der Waals surface area contributed by atoms with Crippen LogP contribution >= 0.6 is 34.3 Å². The zero-order valence-corrected chi connectivity index (χ0v) is 25.4. The van der Waals surface area contributed by atoms with Crippen LogP contribution in [0, 0.1) is 6.92 Å². The highest BCUT2D eigenvalue weighted by molar-refractivity contribution is 7.08. The average molecular weight is 640 g/mol. The highest BCUT2D eigenvalue weighted by Gasteiger charge is 2.26. The number of aryl methyl sites for hydroxylation is 1. The molecular formula is C30H26ClN3O7S2. The summed E-state index contributed by atoms with van der Waals surface area (Å²) in [7, 11) is 1.17. The van der Waals surface area contributed by atoms with Crippen molar-refractivity contribution in [3.05, 3.63) is 108 Å². The summed E-state index contributed by atoms with van der Waals surface area (Å²) in [5, 5.41) is 14.8. The monoisotopic (exact) mass is 639 g/mol. The van der Waals surface area contributed by atoms with E-state index in [9.17, 15) is 24.0 Å². The molecule has 4 aromatic rings. The molecule has 3 N–H and O–H groups in total. The van der Waals surface area contributed by atoms with Crippen molar-refractivity contribution in [3.8, 4) is 5.75 Å². The molecule has 2 aromatic carbocycles. The lowest BCUT2D eigenvalue weighted by Crippen LogP contribution is -2.49. The number of halogens is 1. The van der Waals surface area contributed by atoms with Crippen LogP contribution in [0.25, 0.3) is 0 Å². The molecule has 0 saturated heterocycles. The van der Waals surface area contributed by atoms with Crippen molar-refractivity contribution in [1.82, 2.24) is 16.0 Å². The number of thiophene rings is 2. The van der Waals surface area contributed by atoms with E-state index in [1.807, 2.05) is 0 Å². The van der Waals surface area contributed by atoms with Gasteiger partial charge in [0.25, 0.3) is 17.7 Å². The quantitative estimate of drug-likeness (QED) is 0.161. The molecule has 0 fully saturated rings. The third-order valence-electron chi connectivity index (χ3n) is 6.14. The summed E-state index contributed by atoms with van der Waals surface area (Å²) < 4.78 is 10.2. The number of hydrogen-bond acceptors (Lipinski definition) is 9. The van der Waals surface area contributed by atoms with Crippen molar-refractivity contribution in [1.29, 1.82) is 0 Å². The van der Waals surface area contributed by atoms with Gasteiger partial charge in [-0.05, 0) is 65.2 Å². The Morgan fingerprint density at radius 3 is 2.21 bits per heavy atom. The Kier molecular flexibility index (Phi) is 10.7. The number of ether oxygens (including phenoxy) is 2. The second-order valence-corrected chi connectivity index (χ2v) is 11.1. The maximum atomic E-state index is 13.1. The van der Waals surface area contributed by atoms with Gasteiger partial charge in [0, 0.05) is 35.0 Å². The first kappa shape index (κ1) is 31.4. The molecule has 0 saturated carbocycles. The summed E-state index contributed by atoms with van der Waals surface area (Å²) in [6, 6.07) is 11.7. The van der Waals surface area contributed by atoms with Gasteiger partial charge in [0.05, 0.1) is 23.3 Å². The van der Waals surface area contributed by atoms with Gasteiger partial charge in [-0.25, -0.2) is 9.59 Å². The number of methoxy groups -OCH3 is 1. The number of esters is 2. The minimum absolute atomic E-state index is 0.00378. The second kappa shape index (κ2) is 14.6. The molecule has 1 atom stereocenters. The van der Waals surface area contributed by atoms with Crippen molar-refractivity contribution < 1.29 is 33.4 Å². The van der Waals surface area contributed by atoms with Gasteiger partial charge in [0.2, 0.25) is 0 Å². The highest BCUT2D eigenvalue weighted by Crippen LogP contribution is 2.23. The van der Waals surface area contributed by atoms with Gasteiger partial charge in [0.1, 0.15) is 11.8 Å². The number of carbonyl (C=O) groups is 5. The average Bonchev–Trinajstić information content (AvgIpc) is 3.73. The molecule has 0 aliphatic carbocycles. The molecule has 13 heteroatoms. The predicted molar refractivity (Wildman–Crippen MR) is 163 cm³/mol. The summed E-state index contributed by atoms with van der Waals surface area (Å²) in [6.07, 6.45) is 0. The van der Waals surface area contributed by atoms with E-state index in [4.69, 9.17) is 21.1 Å². The molecule has 222 valence electrons. The molecule has 0 spiro atoms. The first-order valence-electron chi connectivity index (χ1n) is 12.8. The van der Waals surface area contributed by atoms with Gasteiger partial charge >= 0.3 is 11.9 Å². The fraction of sp³-hybridized carbons (Fsp3) is 0.167. The van der Waals surface area contributed by atoms with Crippen LogP contribution in [0.4, 0.5) is 0 Å². The number of nitrogens with one attached hydrogen (secondary N) is 3. The zero-order valence-electron chi connectivity index (χ0n) is 23.0. The lowest BCUT2D eigenvalue weighted by Gasteiger charge is -2.18. The number of amides is 3. The maximum absolute atomic E-state index is 13.1. The lowest BCUT2D eigenvalue weighted by atomic mass is 10.0. The molecule has 43 heavy (non-hydrogen) atoms. The summed E-state index contributed by atoms with van der Waals surface area (Å²) in [4.78, 5) is 62.9. The molecule has 0 bridgehead atoms. The Bertz CT molecular complexity index is 1620. The molecular weight excluding hydrogens is 614 g/mol. The SMILES string of the molecule is COC(=O)[C@H](CNC(=O)c1ccsc1)NC(=O)c1c(C)cc(C(=O)NCc2cccc(OC(=O)c3ccsc3)c2)cc1Cl. The van der Waals surface area contributed by atoms with Crippen molar-refractivity contribution in [3.63, 3.8) is 0 Å². The Balaban J connectivity index is 1.38. The summed E-state index contributed by atoms with van der Waals surface area (Å²) in [5.41, 5.74) is 2.25. The standard InChI is InChI=1S/C30H26ClN3O7S2/c1-17-10-21(27(36)32-13-18-4-3-5-22(11-18)41-29(38)20-7-9-43-16-20)12-23(31)25(17)28(37)34-24(30(39)40-2)14-33-26(35)19-6-8-42-15-19/h3-12,15-16,24H,13-14H2,1-2H3,(H,32,36)(H,33,35)(H,34,37)/t24-/m0/s1. The van der Waals surface area contributed by atoms with Gasteiger partial charge in [0.15, 0.2) is 0 Å². The maximum Gasteiger partial charge on any atom is 0.344 e. The van der Waals surface area contributed by atoms with E-state index in [0.29, 0.717) is 28.0 Å². The van der Waals surface area contributed by atoms with Crippen LogP contribution < -0.4 is 20.7 Å². The summed E-state index contributed by atoms with van der Waals surface area (Å²) >= 11 is 9.16. The number of carbonyl (C=O) groups excluding carboxylic acids is 5. The zero-order chi connectivity index (χ0) is 30.9. The largest absolute Gasteiger partial charge is 0.467 e. The molecule has 3 amide bonds. The topological polar surface area (TPSA) is 140 Å².